The summed E-state index contributed by atoms with van der Waals surface area (Å²) in [5.41, 5.74) is 2.74. The van der Waals surface area contributed by atoms with E-state index in [1.54, 1.807) is 24.3 Å². The SMILES string of the molecule is Cc1cc(C)c2c(c1)NP(F)(c1ccccc1)(c1ccccc1)O2. The molecule has 0 fully saturated rings. The van der Waals surface area contributed by atoms with Crippen molar-refractivity contribution >= 4 is 23.6 Å². The molecule has 3 aromatic carbocycles. The Morgan fingerprint density at radius 1 is 0.833 bits per heavy atom. The third-order valence-electron chi connectivity index (χ3n) is 4.44. The van der Waals surface area contributed by atoms with Crippen molar-refractivity contribution in [1.29, 1.82) is 0 Å². The molecule has 4 heteroatoms. The monoisotopic (exact) mass is 339 g/mol. The van der Waals surface area contributed by atoms with Gasteiger partial charge in [0.1, 0.15) is 0 Å². The Bertz CT molecular complexity index is 872. The Kier molecular flexibility index (Phi) is 3.20. The molecule has 0 aromatic heterocycles. The first-order valence-electron chi connectivity index (χ1n) is 7.95. The molecule has 1 heterocycles. The van der Waals surface area contributed by atoms with Crippen molar-refractivity contribution in [3.63, 3.8) is 0 Å². The van der Waals surface area contributed by atoms with Gasteiger partial charge < -0.3 is 0 Å². The molecular formula is C20H19FNOP. The van der Waals surface area contributed by atoms with Crippen molar-refractivity contribution in [2.24, 2.45) is 0 Å². The summed E-state index contributed by atoms with van der Waals surface area (Å²) >= 11 is 0. The molecule has 3 aromatic rings. The molecule has 0 unspecified atom stereocenters. The van der Waals surface area contributed by atoms with Crippen molar-refractivity contribution in [3.8, 4) is 5.75 Å². The predicted octanol–water partition coefficient (Wildman–Crippen LogP) is 5.03. The molecule has 0 saturated carbocycles. The van der Waals surface area contributed by atoms with E-state index >= 15 is 4.20 Å². The molecule has 0 saturated heterocycles. The van der Waals surface area contributed by atoms with Crippen LogP contribution in [0.25, 0.3) is 0 Å². The molecule has 0 spiro atoms. The molecule has 0 aliphatic carbocycles. The first-order valence-corrected chi connectivity index (χ1v) is 10.00. The molecule has 122 valence electrons. The van der Waals surface area contributed by atoms with E-state index in [4.69, 9.17) is 4.52 Å². The van der Waals surface area contributed by atoms with E-state index in [2.05, 4.69) is 5.09 Å². The number of benzene rings is 3. The third kappa shape index (κ3) is 2.05. The van der Waals surface area contributed by atoms with Crippen molar-refractivity contribution in [2.75, 3.05) is 5.09 Å². The van der Waals surface area contributed by atoms with E-state index in [1.165, 1.54) is 0 Å². The third-order valence-corrected chi connectivity index (χ3v) is 8.04. The molecule has 0 atom stereocenters. The molecule has 1 N–H and O–H groups in total. The van der Waals surface area contributed by atoms with E-state index in [0.717, 1.165) is 16.8 Å². The Hall–Kier alpha value is -2.38. The summed E-state index contributed by atoms with van der Waals surface area (Å²) in [7, 11) is -4.50. The summed E-state index contributed by atoms with van der Waals surface area (Å²) in [6.07, 6.45) is 0. The maximum atomic E-state index is 17.1. The number of nitrogens with one attached hydrogen (secondary N) is 1. The Balaban J connectivity index is 2.01. The predicted molar refractivity (Wildman–Crippen MR) is 100 cm³/mol. The van der Waals surface area contributed by atoms with E-state index in [0.29, 0.717) is 16.4 Å². The van der Waals surface area contributed by atoms with E-state index in [-0.39, 0.29) is 0 Å². The second-order valence-electron chi connectivity index (χ2n) is 6.26. The molecule has 0 radical (unpaired) electrons. The number of hydrogen-bond donors (Lipinski definition) is 1. The quantitative estimate of drug-likeness (QED) is 0.662. The van der Waals surface area contributed by atoms with Gasteiger partial charge in [0.05, 0.1) is 0 Å². The zero-order valence-electron chi connectivity index (χ0n) is 13.7. The van der Waals surface area contributed by atoms with Gasteiger partial charge in [-0.05, 0) is 0 Å². The Morgan fingerprint density at radius 3 is 1.92 bits per heavy atom. The van der Waals surface area contributed by atoms with Crippen LogP contribution in [0.4, 0.5) is 9.88 Å². The zero-order valence-corrected chi connectivity index (χ0v) is 14.6. The van der Waals surface area contributed by atoms with Crippen molar-refractivity contribution < 1.29 is 8.72 Å². The fourth-order valence-electron chi connectivity index (χ4n) is 3.34. The number of halogens is 1. The summed E-state index contributed by atoms with van der Waals surface area (Å²) in [6.45, 7) is 3.96. The normalized spacial score (nSPS) is 18.5. The Labute approximate surface area is 141 Å². The minimum absolute atomic E-state index is 0.544. The van der Waals surface area contributed by atoms with E-state index in [1.807, 2.05) is 62.4 Å². The molecule has 24 heavy (non-hydrogen) atoms. The second-order valence-corrected chi connectivity index (χ2v) is 9.57. The number of aryl methyl sites for hydroxylation is 2. The van der Waals surface area contributed by atoms with Crippen molar-refractivity contribution in [2.45, 2.75) is 13.8 Å². The van der Waals surface area contributed by atoms with Crippen LogP contribution >= 0.6 is 7.29 Å². The van der Waals surface area contributed by atoms with Gasteiger partial charge in [-0.3, -0.25) is 0 Å². The summed E-state index contributed by atoms with van der Waals surface area (Å²) in [5, 5.41) is 4.27. The number of fused-ring (bicyclic) bond motifs is 1. The van der Waals surface area contributed by atoms with Crippen molar-refractivity contribution in [3.05, 3.63) is 83.9 Å². The molecule has 4 rings (SSSR count). The maximum absolute atomic E-state index is 17.1. The van der Waals surface area contributed by atoms with Gasteiger partial charge in [-0.1, -0.05) is 0 Å². The van der Waals surface area contributed by atoms with Crippen LogP contribution in [0.1, 0.15) is 11.1 Å². The molecular weight excluding hydrogens is 320 g/mol. The number of rotatable bonds is 2. The topological polar surface area (TPSA) is 21.3 Å². The summed E-state index contributed by atoms with van der Waals surface area (Å²) < 4.78 is 23.3. The van der Waals surface area contributed by atoms with E-state index in [9.17, 15) is 0 Å². The van der Waals surface area contributed by atoms with Gasteiger partial charge >= 0.3 is 141 Å². The fraction of sp³-hybridized carbons (Fsp3) is 0.100. The van der Waals surface area contributed by atoms with Crippen LogP contribution in [0.3, 0.4) is 0 Å². The van der Waals surface area contributed by atoms with Gasteiger partial charge in [0.15, 0.2) is 0 Å². The fourth-order valence-corrected chi connectivity index (χ4v) is 6.74. The van der Waals surface area contributed by atoms with Gasteiger partial charge in [0.2, 0.25) is 0 Å². The van der Waals surface area contributed by atoms with Gasteiger partial charge in [0, 0.05) is 0 Å². The second kappa shape index (κ2) is 5.06. The van der Waals surface area contributed by atoms with Gasteiger partial charge in [-0.2, -0.15) is 0 Å². The molecule has 0 amide bonds. The summed E-state index contributed by atoms with van der Waals surface area (Å²) in [4.78, 5) is 0. The van der Waals surface area contributed by atoms with Gasteiger partial charge in [-0.15, -0.1) is 0 Å². The van der Waals surface area contributed by atoms with Crippen LogP contribution in [0.15, 0.2) is 72.8 Å². The van der Waals surface area contributed by atoms with E-state index < -0.39 is 7.29 Å². The molecule has 2 nitrogen and oxygen atoms in total. The molecule has 1 aliphatic rings. The van der Waals surface area contributed by atoms with Crippen LogP contribution in [0, 0.1) is 13.8 Å². The van der Waals surface area contributed by atoms with Gasteiger partial charge in [-0.25, -0.2) is 0 Å². The van der Waals surface area contributed by atoms with Crippen LogP contribution in [0.2, 0.25) is 0 Å². The molecule has 1 aliphatic heterocycles. The summed E-state index contributed by atoms with van der Waals surface area (Å²) in [5.74, 6) is 0.605. The van der Waals surface area contributed by atoms with Crippen LogP contribution in [0.5, 0.6) is 5.75 Å². The average Bonchev–Trinajstić information content (AvgIpc) is 2.93. The first kappa shape index (κ1) is 15.2. The Morgan fingerprint density at radius 2 is 1.38 bits per heavy atom. The van der Waals surface area contributed by atoms with Crippen LogP contribution < -0.4 is 20.2 Å². The first-order chi connectivity index (χ1) is 11.5. The van der Waals surface area contributed by atoms with Crippen molar-refractivity contribution in [1.82, 2.24) is 0 Å². The average molecular weight is 339 g/mol. The van der Waals surface area contributed by atoms with Crippen LogP contribution in [-0.4, -0.2) is 0 Å². The van der Waals surface area contributed by atoms with Crippen LogP contribution in [-0.2, 0) is 0 Å². The molecule has 0 bridgehead atoms. The standard InChI is InChI=1S/C20H19FNOP/c1-15-13-16(2)20-19(14-15)22-24(21,23-20,17-9-5-3-6-10-17)18-11-7-4-8-12-18/h3-14,22H,1-2H3. The minimum atomic E-state index is -4.50. The van der Waals surface area contributed by atoms with Gasteiger partial charge in [0.25, 0.3) is 0 Å². The number of hydrogen-bond acceptors (Lipinski definition) is 2. The number of anilines is 1. The summed E-state index contributed by atoms with van der Waals surface area (Å²) in [6, 6.07) is 22.3. The zero-order chi connectivity index (χ0) is 16.8.